The van der Waals surface area contributed by atoms with Crippen molar-refractivity contribution in [2.45, 2.75) is 45.4 Å². The Morgan fingerprint density at radius 2 is 1.77 bits per heavy atom. The van der Waals surface area contributed by atoms with E-state index in [4.69, 9.17) is 9.97 Å². The molecule has 3 fully saturated rings. The van der Waals surface area contributed by atoms with E-state index in [9.17, 15) is 0 Å². The molecule has 3 aliphatic rings. The largest absolute Gasteiger partial charge is 0.356 e. The van der Waals surface area contributed by atoms with Gasteiger partial charge >= 0.3 is 0 Å². The van der Waals surface area contributed by atoms with Crippen molar-refractivity contribution < 1.29 is 0 Å². The minimum atomic E-state index is 0.400. The molecular formula is C32H39N7. The summed E-state index contributed by atoms with van der Waals surface area (Å²) < 4.78 is 0. The second-order valence-corrected chi connectivity index (χ2v) is 12.2. The molecule has 3 saturated heterocycles. The minimum absolute atomic E-state index is 0.400. The van der Waals surface area contributed by atoms with Crippen LogP contribution in [0.4, 0.5) is 5.82 Å². The minimum Gasteiger partial charge on any atom is -0.356 e. The lowest BCUT2D eigenvalue weighted by molar-refractivity contribution is 0.126. The van der Waals surface area contributed by atoms with E-state index in [0.29, 0.717) is 11.3 Å². The number of fused-ring (bicyclic) bond motifs is 2. The number of rotatable bonds is 4. The number of likely N-dealkylation sites (tertiary alicyclic amines) is 1. The van der Waals surface area contributed by atoms with Crippen LogP contribution >= 0.6 is 0 Å². The third kappa shape index (κ3) is 4.05. The molecule has 0 atom stereocenters. The van der Waals surface area contributed by atoms with Gasteiger partial charge in [-0.1, -0.05) is 18.7 Å². The van der Waals surface area contributed by atoms with Crippen LogP contribution in [0.5, 0.6) is 0 Å². The zero-order valence-electron chi connectivity index (χ0n) is 23.5. The fraction of sp³-hybridized carbons (Fsp3) is 0.469. The first-order chi connectivity index (χ1) is 19.0. The van der Waals surface area contributed by atoms with E-state index >= 15 is 0 Å². The molecule has 5 heterocycles. The third-order valence-electron chi connectivity index (χ3n) is 9.77. The number of anilines is 1. The molecule has 2 aromatic heterocycles. The van der Waals surface area contributed by atoms with E-state index in [2.05, 4.69) is 71.0 Å². The van der Waals surface area contributed by atoms with Gasteiger partial charge in [0.25, 0.3) is 0 Å². The molecule has 3 aliphatic heterocycles. The first-order valence-corrected chi connectivity index (χ1v) is 14.5. The summed E-state index contributed by atoms with van der Waals surface area (Å²) in [5, 5.41) is 13.3. The Hall–Kier alpha value is -3.29. The Morgan fingerprint density at radius 3 is 2.46 bits per heavy atom. The number of benzene rings is 2. The highest BCUT2D eigenvalue weighted by molar-refractivity contribution is 6.05. The number of aryl methyl sites for hydroxylation is 2. The summed E-state index contributed by atoms with van der Waals surface area (Å²) in [6.07, 6.45) is 8.62. The molecule has 0 saturated carbocycles. The second kappa shape index (κ2) is 9.42. The molecule has 202 valence electrons. The zero-order valence-corrected chi connectivity index (χ0v) is 23.5. The van der Waals surface area contributed by atoms with Crippen LogP contribution in [0.3, 0.4) is 0 Å². The van der Waals surface area contributed by atoms with Crippen molar-refractivity contribution in [3.05, 3.63) is 53.5 Å². The monoisotopic (exact) mass is 521 g/mol. The van der Waals surface area contributed by atoms with Crippen LogP contribution in [0.2, 0.25) is 0 Å². The summed E-state index contributed by atoms with van der Waals surface area (Å²) in [4.78, 5) is 15.7. The molecule has 7 heteroatoms. The molecule has 4 aromatic rings. The number of H-pyrrole nitrogens is 1. The van der Waals surface area contributed by atoms with E-state index in [1.807, 2.05) is 12.3 Å². The van der Waals surface area contributed by atoms with E-state index < -0.39 is 0 Å². The molecule has 7 rings (SSSR count). The fourth-order valence-corrected chi connectivity index (χ4v) is 7.12. The summed E-state index contributed by atoms with van der Waals surface area (Å²) in [5.74, 6) is 2.54. The topological polar surface area (TPSA) is 73.0 Å². The van der Waals surface area contributed by atoms with Crippen molar-refractivity contribution in [2.24, 2.45) is 5.41 Å². The van der Waals surface area contributed by atoms with Gasteiger partial charge in [0, 0.05) is 42.9 Å². The summed E-state index contributed by atoms with van der Waals surface area (Å²) in [5.41, 5.74) is 8.61. The van der Waals surface area contributed by atoms with Crippen molar-refractivity contribution in [3.63, 3.8) is 0 Å². The van der Waals surface area contributed by atoms with E-state index in [-0.39, 0.29) is 0 Å². The highest BCUT2D eigenvalue weighted by atomic mass is 15.2. The second-order valence-electron chi connectivity index (χ2n) is 12.2. The van der Waals surface area contributed by atoms with Crippen LogP contribution in [0, 0.1) is 19.3 Å². The van der Waals surface area contributed by atoms with Gasteiger partial charge in [-0.15, -0.1) is 0 Å². The number of hydrogen-bond donors (Lipinski definition) is 2. The lowest BCUT2D eigenvalue weighted by Gasteiger charge is -2.48. The highest BCUT2D eigenvalue weighted by Crippen LogP contribution is 2.43. The number of aromatic amines is 1. The van der Waals surface area contributed by atoms with Crippen LogP contribution in [-0.2, 0) is 0 Å². The Morgan fingerprint density at radius 1 is 1.00 bits per heavy atom. The van der Waals surface area contributed by atoms with Gasteiger partial charge in [0.15, 0.2) is 0 Å². The molecule has 0 radical (unpaired) electrons. The summed E-state index contributed by atoms with van der Waals surface area (Å²) in [6.45, 7) is 15.3. The van der Waals surface area contributed by atoms with E-state index in [0.717, 1.165) is 91.1 Å². The van der Waals surface area contributed by atoms with Crippen LogP contribution in [0.15, 0.2) is 31.0 Å². The first kappa shape index (κ1) is 24.7. The maximum atomic E-state index is 5.37. The molecule has 39 heavy (non-hydrogen) atoms. The van der Waals surface area contributed by atoms with Crippen molar-refractivity contribution in [1.29, 1.82) is 0 Å². The van der Waals surface area contributed by atoms with Gasteiger partial charge in [-0.25, -0.2) is 9.97 Å². The first-order valence-electron chi connectivity index (χ1n) is 14.5. The number of nitrogens with zero attached hydrogens (tertiary/aromatic N) is 5. The van der Waals surface area contributed by atoms with E-state index in [1.165, 1.54) is 35.1 Å². The Kier molecular flexibility index (Phi) is 5.97. The fourth-order valence-electron chi connectivity index (χ4n) is 7.12. The predicted molar refractivity (Wildman–Crippen MR) is 160 cm³/mol. The van der Waals surface area contributed by atoms with Gasteiger partial charge < -0.3 is 15.1 Å². The highest BCUT2D eigenvalue weighted by Gasteiger charge is 2.40. The van der Waals surface area contributed by atoms with Gasteiger partial charge in [0.1, 0.15) is 11.6 Å². The van der Waals surface area contributed by atoms with Gasteiger partial charge in [0.05, 0.1) is 17.2 Å². The standard InChI is InChI=1S/C32H39N7/c1-5-22-16-24-29(21(3)28(22)27-20(2)6-7-26-25(27)17-34-37-26)35-30(23-8-12-38(4)13-9-23)36-31(24)39-14-10-32(11-15-39)18-33-19-32/h5-7,16-17,23,33H,1,8-15,18-19H2,2-4H3,(H,34,37). The average Bonchev–Trinajstić information content (AvgIpc) is 3.42. The van der Waals surface area contributed by atoms with Gasteiger partial charge in [-0.2, -0.15) is 5.10 Å². The van der Waals surface area contributed by atoms with Crippen molar-refractivity contribution >= 4 is 33.7 Å². The molecule has 2 N–H and O–H groups in total. The number of piperidine rings is 2. The van der Waals surface area contributed by atoms with Crippen molar-refractivity contribution in [1.82, 2.24) is 30.4 Å². The third-order valence-corrected chi connectivity index (χ3v) is 9.77. The molecule has 7 nitrogen and oxygen atoms in total. The summed E-state index contributed by atoms with van der Waals surface area (Å²) in [6, 6.07) is 6.59. The normalized spacial score (nSPS) is 20.1. The van der Waals surface area contributed by atoms with Crippen molar-refractivity contribution in [2.75, 3.05) is 51.2 Å². The molecule has 0 aliphatic carbocycles. The average molecular weight is 522 g/mol. The number of aromatic nitrogens is 4. The Bertz CT molecular complexity index is 1560. The van der Waals surface area contributed by atoms with Gasteiger partial charge in [-0.3, -0.25) is 5.10 Å². The molecule has 1 spiro atoms. The summed E-state index contributed by atoms with van der Waals surface area (Å²) in [7, 11) is 2.22. The smallest absolute Gasteiger partial charge is 0.140 e. The molecule has 0 bridgehead atoms. The maximum absolute atomic E-state index is 5.37. The Labute approximate surface area is 230 Å². The van der Waals surface area contributed by atoms with Crippen LogP contribution in [0.25, 0.3) is 39.0 Å². The number of hydrogen-bond acceptors (Lipinski definition) is 6. The Balaban J connectivity index is 1.43. The number of nitrogens with one attached hydrogen (secondary N) is 2. The predicted octanol–water partition coefficient (Wildman–Crippen LogP) is 5.43. The van der Waals surface area contributed by atoms with Crippen LogP contribution < -0.4 is 10.2 Å². The lowest BCUT2D eigenvalue weighted by atomic mass is 9.73. The molecular weight excluding hydrogens is 482 g/mol. The molecule has 0 unspecified atom stereocenters. The lowest BCUT2D eigenvalue weighted by Crippen LogP contribution is -2.58. The van der Waals surface area contributed by atoms with Crippen LogP contribution in [-0.4, -0.2) is 71.4 Å². The van der Waals surface area contributed by atoms with Crippen LogP contribution in [0.1, 0.15) is 54.1 Å². The zero-order chi connectivity index (χ0) is 26.7. The van der Waals surface area contributed by atoms with Gasteiger partial charge in [0.2, 0.25) is 0 Å². The van der Waals surface area contributed by atoms with Gasteiger partial charge in [-0.05, 0) is 105 Å². The summed E-state index contributed by atoms with van der Waals surface area (Å²) >= 11 is 0. The van der Waals surface area contributed by atoms with Crippen molar-refractivity contribution in [3.8, 4) is 11.1 Å². The maximum Gasteiger partial charge on any atom is 0.140 e. The van der Waals surface area contributed by atoms with E-state index in [1.54, 1.807) is 0 Å². The quantitative estimate of drug-likeness (QED) is 0.373. The molecule has 0 amide bonds. The SMILES string of the molecule is C=Cc1cc2c(N3CCC4(CC3)CNC4)nc(C3CCN(C)CC3)nc2c(C)c1-c1c(C)ccc2[nH]ncc12. The molecule has 2 aromatic carbocycles.